The molecule has 19 heavy (non-hydrogen) atoms. The number of carbonyl (C=O) groups excluding carboxylic acids is 1. The van der Waals surface area contributed by atoms with Gasteiger partial charge in [-0.3, -0.25) is 4.79 Å². The smallest absolute Gasteiger partial charge is 0.263 e. The zero-order valence-electron chi connectivity index (χ0n) is 10.5. The van der Waals surface area contributed by atoms with Gasteiger partial charge in [0.25, 0.3) is 5.91 Å². The highest BCUT2D eigenvalue weighted by Gasteiger charge is 2.30. The van der Waals surface area contributed by atoms with E-state index in [-0.39, 0.29) is 18.1 Å². The molecule has 0 saturated heterocycles. The van der Waals surface area contributed by atoms with Gasteiger partial charge in [-0.05, 0) is 31.4 Å². The van der Waals surface area contributed by atoms with Crippen LogP contribution in [-0.4, -0.2) is 28.1 Å². The maximum Gasteiger partial charge on any atom is 0.263 e. The van der Waals surface area contributed by atoms with Gasteiger partial charge in [0.1, 0.15) is 9.71 Å². The number of nitrogens with zero attached hydrogens (tertiary/aromatic N) is 1. The molecular weight excluding hydrogens is 262 g/mol. The van der Waals surface area contributed by atoms with Crippen LogP contribution in [0.5, 0.6) is 0 Å². The van der Waals surface area contributed by atoms with Gasteiger partial charge in [0.15, 0.2) is 0 Å². The third-order valence-corrected chi connectivity index (χ3v) is 4.60. The Hall–Kier alpha value is -1.66. The number of aliphatic hydroxyl groups is 1. The van der Waals surface area contributed by atoms with E-state index in [0.717, 1.165) is 15.8 Å². The first kappa shape index (κ1) is 12.4. The topological polar surface area (TPSA) is 88.2 Å². The van der Waals surface area contributed by atoms with Crippen LogP contribution in [0.2, 0.25) is 0 Å². The number of anilines is 1. The second kappa shape index (κ2) is 4.47. The summed E-state index contributed by atoms with van der Waals surface area (Å²) >= 11 is 1.31. The van der Waals surface area contributed by atoms with E-state index in [1.54, 1.807) is 6.20 Å². The third kappa shape index (κ3) is 2.06. The number of aromatic nitrogens is 1. The molecule has 2 aromatic heterocycles. The molecule has 100 valence electrons. The number of amides is 1. The number of aryl methyl sites for hydroxylation is 1. The fraction of sp³-hybridized carbons (Fsp3) is 0.385. The fourth-order valence-electron chi connectivity index (χ4n) is 2.33. The van der Waals surface area contributed by atoms with Crippen molar-refractivity contribution in [3.8, 4) is 0 Å². The molecule has 0 aromatic carbocycles. The van der Waals surface area contributed by atoms with Gasteiger partial charge in [-0.15, -0.1) is 11.3 Å². The molecule has 6 heteroatoms. The molecular formula is C13H15N3O2S. The van der Waals surface area contributed by atoms with E-state index >= 15 is 0 Å². The normalized spacial score (nSPS) is 22.2. The molecule has 1 fully saturated rings. The minimum absolute atomic E-state index is 0.0566. The van der Waals surface area contributed by atoms with Crippen LogP contribution in [0.3, 0.4) is 0 Å². The first-order valence-corrected chi connectivity index (χ1v) is 7.00. The number of nitrogens with two attached hydrogens (primary N) is 1. The number of pyridine rings is 1. The minimum Gasteiger partial charge on any atom is -0.397 e. The number of hydrogen-bond donors (Lipinski definition) is 3. The Labute approximate surface area is 114 Å². The molecule has 1 aliphatic rings. The van der Waals surface area contributed by atoms with E-state index in [1.807, 2.05) is 13.0 Å². The van der Waals surface area contributed by atoms with E-state index < -0.39 is 0 Å². The van der Waals surface area contributed by atoms with Crippen LogP contribution < -0.4 is 11.1 Å². The highest BCUT2D eigenvalue weighted by Crippen LogP contribution is 2.34. The maximum absolute atomic E-state index is 12.2. The monoisotopic (exact) mass is 277 g/mol. The van der Waals surface area contributed by atoms with Gasteiger partial charge in [0, 0.05) is 17.6 Å². The van der Waals surface area contributed by atoms with Crippen molar-refractivity contribution in [1.82, 2.24) is 10.3 Å². The molecule has 1 saturated carbocycles. The zero-order chi connectivity index (χ0) is 13.6. The number of hydrogen-bond acceptors (Lipinski definition) is 5. The van der Waals surface area contributed by atoms with Crippen LogP contribution in [0, 0.1) is 6.92 Å². The SMILES string of the molecule is Cc1ccnc2sc(C(=O)NC3CC(O)C3)c(N)c12. The van der Waals surface area contributed by atoms with Crippen molar-refractivity contribution >= 4 is 33.1 Å². The molecule has 3 rings (SSSR count). The number of nitrogen functional groups attached to an aromatic ring is 1. The molecule has 0 spiro atoms. The van der Waals surface area contributed by atoms with Crippen molar-refractivity contribution in [3.05, 3.63) is 22.7 Å². The summed E-state index contributed by atoms with van der Waals surface area (Å²) in [5.74, 6) is -0.170. The van der Waals surface area contributed by atoms with E-state index in [0.29, 0.717) is 23.4 Å². The average molecular weight is 277 g/mol. The summed E-state index contributed by atoms with van der Waals surface area (Å²) in [7, 11) is 0. The van der Waals surface area contributed by atoms with Crippen molar-refractivity contribution in [2.24, 2.45) is 0 Å². The third-order valence-electron chi connectivity index (χ3n) is 3.49. The van der Waals surface area contributed by atoms with E-state index in [1.165, 1.54) is 11.3 Å². The zero-order valence-corrected chi connectivity index (χ0v) is 11.3. The molecule has 1 amide bonds. The first-order valence-electron chi connectivity index (χ1n) is 6.18. The molecule has 0 aliphatic heterocycles. The molecule has 0 unspecified atom stereocenters. The average Bonchev–Trinajstić information content (AvgIpc) is 2.66. The van der Waals surface area contributed by atoms with Gasteiger partial charge < -0.3 is 16.2 Å². The molecule has 0 radical (unpaired) electrons. The highest BCUT2D eigenvalue weighted by molar-refractivity contribution is 7.21. The molecule has 2 heterocycles. The van der Waals surface area contributed by atoms with Gasteiger partial charge in [-0.2, -0.15) is 0 Å². The van der Waals surface area contributed by atoms with Crippen molar-refractivity contribution in [1.29, 1.82) is 0 Å². The Morgan fingerprint density at radius 3 is 2.95 bits per heavy atom. The second-order valence-electron chi connectivity index (χ2n) is 4.95. The summed E-state index contributed by atoms with van der Waals surface area (Å²) in [6.45, 7) is 1.96. The lowest BCUT2D eigenvalue weighted by molar-refractivity contribution is 0.0565. The standard InChI is InChI=1S/C13H15N3O2S/c1-6-2-3-15-13-9(6)10(14)11(19-13)12(18)16-7-4-8(17)5-7/h2-3,7-8,17H,4-5,14H2,1H3,(H,16,18). The summed E-state index contributed by atoms with van der Waals surface area (Å²) in [4.78, 5) is 17.7. The van der Waals surface area contributed by atoms with Crippen molar-refractivity contribution < 1.29 is 9.90 Å². The molecule has 0 bridgehead atoms. The van der Waals surface area contributed by atoms with Gasteiger partial charge in [0.2, 0.25) is 0 Å². The van der Waals surface area contributed by atoms with Crippen molar-refractivity contribution in [3.63, 3.8) is 0 Å². The lowest BCUT2D eigenvalue weighted by Gasteiger charge is -2.31. The van der Waals surface area contributed by atoms with Crippen LogP contribution in [0.15, 0.2) is 12.3 Å². The molecule has 4 N–H and O–H groups in total. The Morgan fingerprint density at radius 2 is 2.32 bits per heavy atom. The number of aliphatic hydroxyl groups excluding tert-OH is 1. The summed E-state index contributed by atoms with van der Waals surface area (Å²) in [5, 5.41) is 13.0. The summed E-state index contributed by atoms with van der Waals surface area (Å²) < 4.78 is 0. The lowest BCUT2D eigenvalue weighted by atomic mass is 9.89. The Kier molecular flexibility index (Phi) is 2.91. The molecule has 5 nitrogen and oxygen atoms in total. The minimum atomic E-state index is -0.283. The van der Waals surface area contributed by atoms with Crippen LogP contribution >= 0.6 is 11.3 Å². The first-order chi connectivity index (χ1) is 9.06. The van der Waals surface area contributed by atoms with E-state index in [4.69, 9.17) is 5.73 Å². The molecule has 1 aliphatic carbocycles. The van der Waals surface area contributed by atoms with Crippen molar-refractivity contribution in [2.45, 2.75) is 31.9 Å². The van der Waals surface area contributed by atoms with Gasteiger partial charge in [0.05, 0.1) is 11.8 Å². The van der Waals surface area contributed by atoms with E-state index in [2.05, 4.69) is 10.3 Å². The Bertz CT molecular complexity index is 647. The van der Waals surface area contributed by atoms with E-state index in [9.17, 15) is 9.90 Å². The Morgan fingerprint density at radius 1 is 1.58 bits per heavy atom. The lowest BCUT2D eigenvalue weighted by Crippen LogP contribution is -2.46. The van der Waals surface area contributed by atoms with Gasteiger partial charge in [-0.1, -0.05) is 0 Å². The largest absolute Gasteiger partial charge is 0.397 e. The molecule has 2 aromatic rings. The predicted octanol–water partition coefficient (Wildman–Crippen LogP) is 1.44. The van der Waals surface area contributed by atoms with Crippen LogP contribution in [0.1, 0.15) is 28.1 Å². The number of thiophene rings is 1. The highest BCUT2D eigenvalue weighted by atomic mass is 32.1. The number of fused-ring (bicyclic) bond motifs is 1. The van der Waals surface area contributed by atoms with Gasteiger partial charge in [-0.25, -0.2) is 4.98 Å². The molecule has 0 atom stereocenters. The quantitative estimate of drug-likeness (QED) is 0.775. The van der Waals surface area contributed by atoms with Crippen LogP contribution in [0.4, 0.5) is 5.69 Å². The van der Waals surface area contributed by atoms with Gasteiger partial charge >= 0.3 is 0 Å². The number of carbonyl (C=O) groups is 1. The number of rotatable bonds is 2. The predicted molar refractivity (Wildman–Crippen MR) is 75.3 cm³/mol. The Balaban J connectivity index is 1.90. The fourth-order valence-corrected chi connectivity index (χ4v) is 3.37. The van der Waals surface area contributed by atoms with Crippen LogP contribution in [0.25, 0.3) is 10.2 Å². The second-order valence-corrected chi connectivity index (χ2v) is 5.95. The number of nitrogens with one attached hydrogen (secondary N) is 1. The van der Waals surface area contributed by atoms with Crippen LogP contribution in [-0.2, 0) is 0 Å². The van der Waals surface area contributed by atoms with Crippen molar-refractivity contribution in [2.75, 3.05) is 5.73 Å². The maximum atomic E-state index is 12.2. The summed E-state index contributed by atoms with van der Waals surface area (Å²) in [6.07, 6.45) is 2.67. The summed E-state index contributed by atoms with van der Waals surface area (Å²) in [6, 6.07) is 1.94. The summed E-state index contributed by atoms with van der Waals surface area (Å²) in [5.41, 5.74) is 7.59.